The van der Waals surface area contributed by atoms with E-state index in [2.05, 4.69) is 4.74 Å². The third-order valence-corrected chi connectivity index (χ3v) is 2.20. The molecule has 1 heterocycles. The fourth-order valence-electron chi connectivity index (χ4n) is 1.41. The predicted molar refractivity (Wildman–Crippen MR) is 41.4 cm³/mol. The molecular formula is C9H7O4Rb. The van der Waals surface area contributed by atoms with Gasteiger partial charge in [-0.2, -0.15) is 0 Å². The molecule has 68 valence electrons. The second-order valence-corrected chi connectivity index (χ2v) is 2.95. The molecule has 0 aliphatic carbocycles. The van der Waals surface area contributed by atoms with E-state index in [9.17, 15) is 15.0 Å². The molecule has 4 nitrogen and oxygen atoms in total. The number of cyclic esters (lactones) is 1. The van der Waals surface area contributed by atoms with Crippen molar-refractivity contribution in [1.82, 2.24) is 0 Å². The van der Waals surface area contributed by atoms with Crippen LogP contribution in [-0.4, -0.2) is 11.1 Å². The fraction of sp³-hybridized carbons (Fsp3) is 0.222. The molecule has 1 aliphatic rings. The quantitative estimate of drug-likeness (QED) is 0.524. The summed E-state index contributed by atoms with van der Waals surface area (Å²) in [7, 11) is 0. The number of carbonyl (C=O) groups is 1. The summed E-state index contributed by atoms with van der Waals surface area (Å²) in [5.41, 5.74) is 1.12. The van der Waals surface area contributed by atoms with Crippen molar-refractivity contribution in [3.8, 4) is 11.5 Å². The molecule has 14 heavy (non-hydrogen) atoms. The number of hydrogen-bond acceptors (Lipinski definition) is 4. The minimum atomic E-state index is -0.594. The van der Waals surface area contributed by atoms with Gasteiger partial charge in [-0.1, -0.05) is 5.75 Å². The monoisotopic (exact) mass is 264 g/mol. The Hall–Kier alpha value is 0.0952. The van der Waals surface area contributed by atoms with Crippen LogP contribution in [-0.2, 0) is 11.3 Å². The zero-order chi connectivity index (χ0) is 9.59. The Labute approximate surface area is 130 Å². The molecule has 1 aliphatic heterocycles. The number of ether oxygens (including phenoxy) is 1. The van der Waals surface area contributed by atoms with Crippen molar-refractivity contribution in [2.45, 2.75) is 13.5 Å². The van der Waals surface area contributed by atoms with Gasteiger partial charge in [-0.05, 0) is 18.6 Å². The Balaban J connectivity index is 0.000000980. The first kappa shape index (κ1) is 12.2. The first-order valence-electron chi connectivity index (χ1n) is 3.81. The number of carbonyl (C=O) groups excluding carboxylic acids is 1. The van der Waals surface area contributed by atoms with Crippen LogP contribution in [0.3, 0.4) is 0 Å². The van der Waals surface area contributed by atoms with Gasteiger partial charge in [0.2, 0.25) is 0 Å². The molecule has 1 aromatic rings. The van der Waals surface area contributed by atoms with Gasteiger partial charge in [0.15, 0.2) is 0 Å². The summed E-state index contributed by atoms with van der Waals surface area (Å²) in [5, 5.41) is 20.5. The van der Waals surface area contributed by atoms with E-state index in [-0.39, 0.29) is 76.1 Å². The fourth-order valence-corrected chi connectivity index (χ4v) is 1.41. The predicted octanol–water partition coefficient (Wildman–Crippen LogP) is -2.55. The van der Waals surface area contributed by atoms with E-state index in [1.54, 1.807) is 6.92 Å². The summed E-state index contributed by atoms with van der Waals surface area (Å²) in [6.07, 6.45) is 0. The van der Waals surface area contributed by atoms with E-state index in [1.165, 1.54) is 0 Å². The maximum atomic E-state index is 11.2. The second kappa shape index (κ2) is 4.30. The molecule has 0 saturated carbocycles. The minimum absolute atomic E-state index is 0. The number of fused-ring (bicyclic) bond motifs is 1. The second-order valence-electron chi connectivity index (χ2n) is 2.95. The molecule has 1 aromatic carbocycles. The first-order valence-corrected chi connectivity index (χ1v) is 3.81. The molecule has 0 aromatic heterocycles. The number of rotatable bonds is 0. The number of aromatic hydroxyl groups is 1. The molecule has 0 saturated heterocycles. The Bertz CT molecular complexity index is 400. The maximum absolute atomic E-state index is 11.2. The number of esters is 1. The minimum Gasteiger partial charge on any atom is -0.872 e. The molecular weight excluding hydrogens is 258 g/mol. The van der Waals surface area contributed by atoms with E-state index in [0.29, 0.717) is 11.1 Å². The van der Waals surface area contributed by atoms with Gasteiger partial charge in [-0.15, -0.1) is 0 Å². The van der Waals surface area contributed by atoms with Crippen LogP contribution in [0.1, 0.15) is 21.5 Å². The molecule has 0 atom stereocenters. The molecule has 0 bridgehead atoms. The van der Waals surface area contributed by atoms with E-state index in [1.807, 2.05) is 0 Å². The number of phenols is 1. The van der Waals surface area contributed by atoms with Crippen LogP contribution in [0.15, 0.2) is 6.07 Å². The van der Waals surface area contributed by atoms with E-state index in [0.717, 1.165) is 6.07 Å². The van der Waals surface area contributed by atoms with E-state index < -0.39 is 11.7 Å². The van der Waals surface area contributed by atoms with Crippen molar-refractivity contribution in [2.24, 2.45) is 0 Å². The van der Waals surface area contributed by atoms with Gasteiger partial charge >= 0.3 is 64.2 Å². The van der Waals surface area contributed by atoms with Crippen LogP contribution in [0, 0.1) is 6.92 Å². The molecule has 5 heteroatoms. The van der Waals surface area contributed by atoms with Crippen molar-refractivity contribution >= 4 is 5.97 Å². The molecule has 0 radical (unpaired) electrons. The average Bonchev–Trinajstić information content (AvgIpc) is 2.44. The number of hydrogen-bond donors (Lipinski definition) is 1. The summed E-state index contributed by atoms with van der Waals surface area (Å²) in [6.45, 7) is 1.74. The zero-order valence-electron chi connectivity index (χ0n) is 7.96. The standard InChI is InChI=1S/C9H8O4.Rb/c1-4-5-3-13-9(12)8(5)7(11)2-6(4)10;/h2,10-11H,3H2,1H3;/q;+1/p-1. The molecule has 0 spiro atoms. The van der Waals surface area contributed by atoms with Gasteiger partial charge < -0.3 is 14.9 Å². The summed E-state index contributed by atoms with van der Waals surface area (Å²) in [6, 6.07) is 1.04. The molecule has 0 unspecified atom stereocenters. The largest absolute Gasteiger partial charge is 1.00 e. The number of benzene rings is 1. The zero-order valence-corrected chi connectivity index (χ0v) is 12.9. The van der Waals surface area contributed by atoms with Gasteiger partial charge in [0.1, 0.15) is 12.4 Å². The van der Waals surface area contributed by atoms with Crippen molar-refractivity contribution in [3.63, 3.8) is 0 Å². The topological polar surface area (TPSA) is 69.6 Å². The molecule has 1 N–H and O–H groups in total. The Morgan fingerprint density at radius 3 is 2.86 bits per heavy atom. The average molecular weight is 265 g/mol. The van der Waals surface area contributed by atoms with Crippen molar-refractivity contribution < 1.29 is 77.9 Å². The van der Waals surface area contributed by atoms with Crippen LogP contribution in [0.5, 0.6) is 11.5 Å². The summed E-state index contributed by atoms with van der Waals surface area (Å²) >= 11 is 0. The Morgan fingerprint density at radius 1 is 1.57 bits per heavy atom. The summed E-state index contributed by atoms with van der Waals surface area (Å²) in [4.78, 5) is 11.0. The van der Waals surface area contributed by atoms with Crippen LogP contribution in [0.4, 0.5) is 0 Å². The summed E-state index contributed by atoms with van der Waals surface area (Å²) < 4.78 is 4.69. The van der Waals surface area contributed by atoms with Gasteiger partial charge in [-0.3, -0.25) is 0 Å². The normalized spacial score (nSPS) is 13.1. The third-order valence-electron chi connectivity index (χ3n) is 2.20. The Kier molecular flexibility index (Phi) is 3.74. The van der Waals surface area contributed by atoms with Crippen molar-refractivity contribution in [1.29, 1.82) is 0 Å². The number of phenolic OH excluding ortho intramolecular Hbond substituents is 1. The smallest absolute Gasteiger partial charge is 0.872 e. The third kappa shape index (κ3) is 1.76. The van der Waals surface area contributed by atoms with Gasteiger partial charge in [0, 0.05) is 5.56 Å². The van der Waals surface area contributed by atoms with Gasteiger partial charge in [-0.25, -0.2) is 4.79 Å². The SMILES string of the molecule is Cc1c(O)cc([O-])c2c1COC2=O.[Rb+]. The molecule has 0 fully saturated rings. The van der Waals surface area contributed by atoms with Crippen LogP contribution in [0.25, 0.3) is 0 Å². The Morgan fingerprint density at radius 2 is 2.21 bits per heavy atom. The van der Waals surface area contributed by atoms with Crippen LogP contribution < -0.4 is 63.3 Å². The maximum Gasteiger partial charge on any atom is 1.00 e. The molecule has 2 rings (SSSR count). The van der Waals surface area contributed by atoms with E-state index in [4.69, 9.17) is 0 Å². The van der Waals surface area contributed by atoms with Gasteiger partial charge in [0.25, 0.3) is 0 Å². The van der Waals surface area contributed by atoms with Gasteiger partial charge in [0.05, 0.1) is 5.56 Å². The van der Waals surface area contributed by atoms with Crippen LogP contribution in [0.2, 0.25) is 0 Å². The first-order chi connectivity index (χ1) is 6.11. The van der Waals surface area contributed by atoms with E-state index >= 15 is 0 Å². The van der Waals surface area contributed by atoms with Crippen molar-refractivity contribution in [2.75, 3.05) is 0 Å². The van der Waals surface area contributed by atoms with Crippen molar-refractivity contribution in [3.05, 3.63) is 22.8 Å². The molecule has 0 amide bonds. The summed E-state index contributed by atoms with van der Waals surface area (Å²) in [5.74, 6) is -1.15. The van der Waals surface area contributed by atoms with Crippen LogP contribution >= 0.6 is 0 Å².